The molecular formula is C20H19N3O2. The fourth-order valence-corrected chi connectivity index (χ4v) is 3.30. The number of benzene rings is 2. The number of hydrogen-bond acceptors (Lipinski definition) is 2. The minimum atomic E-state index is -0.136. The molecule has 5 nitrogen and oxygen atoms in total. The van der Waals surface area contributed by atoms with Crippen molar-refractivity contribution in [2.24, 2.45) is 7.05 Å². The average Bonchev–Trinajstić information content (AvgIpc) is 3.04. The van der Waals surface area contributed by atoms with E-state index in [1.165, 1.54) is 12.6 Å². The number of nitrogens with zero attached hydrogens (tertiary/aromatic N) is 2. The Morgan fingerprint density at radius 1 is 1.08 bits per heavy atom. The number of aromatic hydroxyl groups is 1. The predicted octanol–water partition coefficient (Wildman–Crippen LogP) is 4.09. The summed E-state index contributed by atoms with van der Waals surface area (Å²) in [7, 11) is 2.04. The van der Waals surface area contributed by atoms with Crippen LogP contribution >= 0.6 is 0 Å². The van der Waals surface area contributed by atoms with Gasteiger partial charge < -0.3 is 15.0 Å². The van der Waals surface area contributed by atoms with Crippen molar-refractivity contribution in [1.82, 2.24) is 9.13 Å². The molecule has 0 aliphatic heterocycles. The maximum atomic E-state index is 11.2. The first kappa shape index (κ1) is 15.3. The van der Waals surface area contributed by atoms with Crippen molar-refractivity contribution in [2.75, 3.05) is 5.32 Å². The number of anilines is 1. The fourth-order valence-electron chi connectivity index (χ4n) is 3.30. The van der Waals surface area contributed by atoms with Crippen LogP contribution in [0, 0.1) is 6.92 Å². The number of carbonyl (C=O) groups excluding carboxylic acids is 1. The van der Waals surface area contributed by atoms with Crippen LogP contribution in [0.25, 0.3) is 27.4 Å². The van der Waals surface area contributed by atoms with E-state index in [9.17, 15) is 9.90 Å². The lowest BCUT2D eigenvalue weighted by Crippen LogP contribution is -2.05. The Labute approximate surface area is 145 Å². The highest BCUT2D eigenvalue weighted by atomic mass is 16.3. The summed E-state index contributed by atoms with van der Waals surface area (Å²) in [6.07, 6.45) is 1.90. The fraction of sp³-hybridized carbons (Fsp3) is 0.150. The molecule has 2 aromatic heterocycles. The molecule has 25 heavy (non-hydrogen) atoms. The van der Waals surface area contributed by atoms with Gasteiger partial charge in [-0.25, -0.2) is 0 Å². The van der Waals surface area contributed by atoms with Crippen molar-refractivity contribution in [3.8, 4) is 11.6 Å². The molecule has 0 aliphatic carbocycles. The monoisotopic (exact) mass is 333 g/mol. The van der Waals surface area contributed by atoms with Gasteiger partial charge >= 0.3 is 0 Å². The third-order valence-corrected chi connectivity index (χ3v) is 4.66. The number of fused-ring (bicyclic) bond motifs is 2. The second-order valence-corrected chi connectivity index (χ2v) is 6.39. The first-order valence-corrected chi connectivity index (χ1v) is 8.12. The van der Waals surface area contributed by atoms with Gasteiger partial charge in [-0.3, -0.25) is 9.36 Å². The van der Waals surface area contributed by atoms with Crippen molar-refractivity contribution in [1.29, 1.82) is 0 Å². The maximum absolute atomic E-state index is 11.2. The summed E-state index contributed by atoms with van der Waals surface area (Å²) in [5.41, 5.74) is 3.91. The van der Waals surface area contributed by atoms with Gasteiger partial charge in [0.15, 0.2) is 0 Å². The SMILES string of the molecule is CC(=O)Nc1ccc2cn(-c3ccc4c(c3)cc(C)n4C)c(O)c2c1. The minimum Gasteiger partial charge on any atom is -0.494 e. The van der Waals surface area contributed by atoms with E-state index in [1.807, 2.05) is 31.4 Å². The standard InChI is InChI=1S/C20H19N3O2/c1-12-8-15-9-17(6-7-19(15)22(12)3)23-11-14-4-5-16(21-13(2)24)10-18(14)20(23)25/h4-11,25H,1-3H3,(H,21,24). The molecule has 0 aliphatic rings. The maximum Gasteiger partial charge on any atom is 0.221 e. The van der Waals surface area contributed by atoms with Gasteiger partial charge in [0.2, 0.25) is 11.8 Å². The zero-order valence-electron chi connectivity index (χ0n) is 14.4. The molecule has 1 amide bonds. The topological polar surface area (TPSA) is 59.2 Å². The van der Waals surface area contributed by atoms with Gasteiger partial charge in [0.05, 0.1) is 0 Å². The normalized spacial score (nSPS) is 11.3. The number of aryl methyl sites for hydroxylation is 2. The Bertz CT molecular complexity index is 1130. The number of nitrogens with one attached hydrogen (secondary N) is 1. The van der Waals surface area contributed by atoms with E-state index in [2.05, 4.69) is 35.0 Å². The summed E-state index contributed by atoms with van der Waals surface area (Å²) >= 11 is 0. The van der Waals surface area contributed by atoms with Crippen LogP contribution in [-0.4, -0.2) is 20.1 Å². The van der Waals surface area contributed by atoms with Gasteiger partial charge in [-0.1, -0.05) is 6.07 Å². The Balaban J connectivity index is 1.86. The molecule has 0 saturated heterocycles. The number of hydrogen-bond donors (Lipinski definition) is 2. The first-order chi connectivity index (χ1) is 11.9. The molecule has 0 bridgehead atoms. The van der Waals surface area contributed by atoms with Crippen LogP contribution in [-0.2, 0) is 11.8 Å². The van der Waals surface area contributed by atoms with Crippen LogP contribution in [0.15, 0.2) is 48.7 Å². The van der Waals surface area contributed by atoms with E-state index in [0.29, 0.717) is 11.1 Å². The Kier molecular flexibility index (Phi) is 3.32. The van der Waals surface area contributed by atoms with Crippen molar-refractivity contribution in [3.05, 3.63) is 54.4 Å². The van der Waals surface area contributed by atoms with Crippen LogP contribution in [0.4, 0.5) is 5.69 Å². The van der Waals surface area contributed by atoms with Gasteiger partial charge in [0.1, 0.15) is 0 Å². The van der Waals surface area contributed by atoms with Crippen LogP contribution in [0.5, 0.6) is 5.88 Å². The molecule has 4 rings (SSSR count). The summed E-state index contributed by atoms with van der Waals surface area (Å²) in [4.78, 5) is 11.2. The van der Waals surface area contributed by atoms with Gasteiger partial charge in [-0.05, 0) is 43.3 Å². The van der Waals surface area contributed by atoms with E-state index < -0.39 is 0 Å². The summed E-state index contributed by atoms with van der Waals surface area (Å²) < 4.78 is 3.91. The number of rotatable bonds is 2. The van der Waals surface area contributed by atoms with Crippen LogP contribution < -0.4 is 5.32 Å². The zero-order valence-corrected chi connectivity index (χ0v) is 14.4. The number of aromatic nitrogens is 2. The van der Waals surface area contributed by atoms with Gasteiger partial charge in [-0.2, -0.15) is 0 Å². The highest BCUT2D eigenvalue weighted by molar-refractivity contribution is 5.96. The summed E-state index contributed by atoms with van der Waals surface area (Å²) in [6, 6.07) is 13.8. The molecule has 5 heteroatoms. The van der Waals surface area contributed by atoms with Crippen molar-refractivity contribution in [2.45, 2.75) is 13.8 Å². The molecule has 0 spiro atoms. The third-order valence-electron chi connectivity index (χ3n) is 4.66. The van der Waals surface area contributed by atoms with Crippen LogP contribution in [0.3, 0.4) is 0 Å². The molecular weight excluding hydrogens is 314 g/mol. The summed E-state index contributed by atoms with van der Waals surface area (Å²) in [5.74, 6) is 0.0253. The van der Waals surface area contributed by atoms with Crippen LogP contribution in [0.1, 0.15) is 12.6 Å². The Morgan fingerprint density at radius 3 is 2.64 bits per heavy atom. The molecule has 0 fully saturated rings. The molecule has 0 radical (unpaired) electrons. The predicted molar refractivity (Wildman–Crippen MR) is 100 cm³/mol. The first-order valence-electron chi connectivity index (χ1n) is 8.12. The van der Waals surface area contributed by atoms with E-state index in [0.717, 1.165) is 22.0 Å². The molecule has 126 valence electrons. The number of amides is 1. The van der Waals surface area contributed by atoms with Crippen LogP contribution in [0.2, 0.25) is 0 Å². The lowest BCUT2D eigenvalue weighted by atomic mass is 10.2. The van der Waals surface area contributed by atoms with Gasteiger partial charge in [0.25, 0.3) is 0 Å². The molecule has 0 atom stereocenters. The molecule has 2 aromatic carbocycles. The summed E-state index contributed by atoms with van der Waals surface area (Å²) in [5, 5.41) is 16.2. The van der Waals surface area contributed by atoms with E-state index in [1.54, 1.807) is 10.6 Å². The largest absolute Gasteiger partial charge is 0.494 e. The quantitative estimate of drug-likeness (QED) is 0.580. The third kappa shape index (κ3) is 2.45. The van der Waals surface area contributed by atoms with E-state index in [-0.39, 0.29) is 11.8 Å². The lowest BCUT2D eigenvalue weighted by Gasteiger charge is -2.06. The van der Waals surface area contributed by atoms with Crippen molar-refractivity contribution >= 4 is 33.3 Å². The van der Waals surface area contributed by atoms with Gasteiger partial charge in [0, 0.05) is 58.9 Å². The Morgan fingerprint density at radius 2 is 1.88 bits per heavy atom. The van der Waals surface area contributed by atoms with E-state index >= 15 is 0 Å². The lowest BCUT2D eigenvalue weighted by molar-refractivity contribution is -0.114. The van der Waals surface area contributed by atoms with Crippen molar-refractivity contribution < 1.29 is 9.90 Å². The molecule has 2 N–H and O–H groups in total. The molecule has 0 unspecified atom stereocenters. The van der Waals surface area contributed by atoms with Gasteiger partial charge in [-0.15, -0.1) is 0 Å². The second-order valence-electron chi connectivity index (χ2n) is 6.39. The average molecular weight is 333 g/mol. The molecule has 2 heterocycles. The number of carbonyl (C=O) groups is 1. The molecule has 4 aromatic rings. The minimum absolute atomic E-state index is 0.136. The van der Waals surface area contributed by atoms with Crippen molar-refractivity contribution in [3.63, 3.8) is 0 Å². The Hall–Kier alpha value is -3.21. The summed E-state index contributed by atoms with van der Waals surface area (Å²) in [6.45, 7) is 3.54. The second kappa shape index (κ2) is 5.41. The highest BCUT2D eigenvalue weighted by Gasteiger charge is 2.12. The molecule has 0 saturated carbocycles. The highest BCUT2D eigenvalue weighted by Crippen LogP contribution is 2.33. The smallest absolute Gasteiger partial charge is 0.221 e. The van der Waals surface area contributed by atoms with E-state index in [4.69, 9.17) is 0 Å². The zero-order chi connectivity index (χ0) is 17.7.